The number of hydrogen-bond acceptors (Lipinski definition) is 6. The average Bonchev–Trinajstić information content (AvgIpc) is 3.28. The molecular formula is C31H38N4O4. The van der Waals surface area contributed by atoms with Crippen molar-refractivity contribution in [2.45, 2.75) is 76.5 Å². The summed E-state index contributed by atoms with van der Waals surface area (Å²) >= 11 is 0. The molecule has 0 spiro atoms. The molecule has 0 saturated carbocycles. The molecule has 6 rings (SSSR count). The number of nitrogens with zero attached hydrogens (tertiary/aromatic N) is 3. The standard InChI is InChI=1S/C31H38N4O4/c36-29-14-13-28(30(37)32-29)35-20-23-18-26(11-12-27(23)31(35)38)39-21-25-6-2-5-17-34(25)19-22-7-9-24(10-8-22)33-15-3-1-4-16-33/h7-12,18,25,28H,1-6,13-17,19-21H2,(H,32,36,37)/t25-,28?/m1/s1. The van der Waals surface area contributed by atoms with Gasteiger partial charge in [-0.3, -0.25) is 24.6 Å². The number of piperidine rings is 3. The molecule has 0 bridgehead atoms. The molecule has 0 aliphatic carbocycles. The van der Waals surface area contributed by atoms with E-state index in [1.807, 2.05) is 12.1 Å². The van der Waals surface area contributed by atoms with E-state index in [-0.39, 0.29) is 24.1 Å². The lowest BCUT2D eigenvalue weighted by Gasteiger charge is -2.35. The van der Waals surface area contributed by atoms with Crippen LogP contribution in [0.2, 0.25) is 0 Å². The van der Waals surface area contributed by atoms with Gasteiger partial charge in [-0.25, -0.2) is 0 Å². The normalized spacial score (nSPS) is 24.1. The lowest BCUT2D eigenvalue weighted by atomic mass is 10.0. The summed E-state index contributed by atoms with van der Waals surface area (Å²) in [4.78, 5) is 43.4. The second kappa shape index (κ2) is 11.4. The topological polar surface area (TPSA) is 82.2 Å². The van der Waals surface area contributed by atoms with Crippen molar-refractivity contribution in [2.75, 3.05) is 31.1 Å². The van der Waals surface area contributed by atoms with Crippen LogP contribution in [-0.4, -0.2) is 65.8 Å². The zero-order valence-corrected chi connectivity index (χ0v) is 22.6. The Morgan fingerprint density at radius 3 is 2.46 bits per heavy atom. The van der Waals surface area contributed by atoms with Crippen molar-refractivity contribution >= 4 is 23.4 Å². The maximum atomic E-state index is 13.0. The Hall–Kier alpha value is -3.39. The van der Waals surface area contributed by atoms with Crippen LogP contribution < -0.4 is 15.0 Å². The molecule has 3 amide bonds. The molecule has 8 nitrogen and oxygen atoms in total. The molecular weight excluding hydrogens is 492 g/mol. The number of benzene rings is 2. The average molecular weight is 531 g/mol. The van der Waals surface area contributed by atoms with Crippen molar-refractivity contribution in [3.8, 4) is 5.75 Å². The van der Waals surface area contributed by atoms with E-state index in [0.717, 1.165) is 43.9 Å². The van der Waals surface area contributed by atoms with Crippen LogP contribution >= 0.6 is 0 Å². The van der Waals surface area contributed by atoms with Gasteiger partial charge >= 0.3 is 0 Å². The quantitative estimate of drug-likeness (QED) is 0.548. The van der Waals surface area contributed by atoms with E-state index in [2.05, 4.69) is 39.4 Å². The number of rotatable bonds is 7. The van der Waals surface area contributed by atoms with Crippen LogP contribution in [0.4, 0.5) is 5.69 Å². The van der Waals surface area contributed by atoms with Gasteiger partial charge in [-0.2, -0.15) is 0 Å². The highest BCUT2D eigenvalue weighted by Crippen LogP contribution is 2.31. The van der Waals surface area contributed by atoms with Gasteiger partial charge in [-0.15, -0.1) is 0 Å². The maximum absolute atomic E-state index is 13.0. The first kappa shape index (κ1) is 25.9. The van der Waals surface area contributed by atoms with E-state index in [1.165, 1.54) is 43.4 Å². The van der Waals surface area contributed by atoms with Crippen LogP contribution in [0.25, 0.3) is 0 Å². The van der Waals surface area contributed by atoms with Gasteiger partial charge in [-0.05, 0) is 86.5 Å². The minimum Gasteiger partial charge on any atom is -0.492 e. The summed E-state index contributed by atoms with van der Waals surface area (Å²) in [6.45, 7) is 5.29. The van der Waals surface area contributed by atoms with Crippen LogP contribution in [0, 0.1) is 0 Å². The zero-order chi connectivity index (χ0) is 26.8. The predicted octanol–water partition coefficient (Wildman–Crippen LogP) is 3.87. The molecule has 4 heterocycles. The third-order valence-electron chi connectivity index (χ3n) is 8.73. The van der Waals surface area contributed by atoms with Crippen molar-refractivity contribution in [3.63, 3.8) is 0 Å². The molecule has 3 saturated heterocycles. The molecule has 3 fully saturated rings. The number of fused-ring (bicyclic) bond motifs is 1. The van der Waals surface area contributed by atoms with Crippen molar-refractivity contribution in [1.29, 1.82) is 0 Å². The summed E-state index contributed by atoms with van der Waals surface area (Å²) in [7, 11) is 0. The second-order valence-electron chi connectivity index (χ2n) is 11.4. The molecule has 4 aliphatic heterocycles. The summed E-state index contributed by atoms with van der Waals surface area (Å²) in [5.74, 6) is -0.0661. The first-order valence-corrected chi connectivity index (χ1v) is 14.5. The first-order valence-electron chi connectivity index (χ1n) is 14.5. The number of anilines is 1. The molecule has 2 aromatic rings. The van der Waals surface area contributed by atoms with Gasteiger partial charge in [0.2, 0.25) is 11.8 Å². The van der Waals surface area contributed by atoms with E-state index < -0.39 is 6.04 Å². The van der Waals surface area contributed by atoms with E-state index in [1.54, 1.807) is 11.0 Å². The highest BCUT2D eigenvalue weighted by molar-refractivity contribution is 6.05. The molecule has 0 radical (unpaired) electrons. The molecule has 1 unspecified atom stereocenters. The smallest absolute Gasteiger partial charge is 0.255 e. The summed E-state index contributed by atoms with van der Waals surface area (Å²) in [5.41, 5.74) is 4.16. The fourth-order valence-corrected chi connectivity index (χ4v) is 6.49. The molecule has 39 heavy (non-hydrogen) atoms. The number of carbonyl (C=O) groups excluding carboxylic acids is 3. The van der Waals surface area contributed by atoms with Crippen LogP contribution in [0.1, 0.15) is 72.9 Å². The summed E-state index contributed by atoms with van der Waals surface area (Å²) in [6, 6.07) is 14.5. The number of nitrogens with one attached hydrogen (secondary N) is 1. The Morgan fingerprint density at radius 2 is 1.67 bits per heavy atom. The predicted molar refractivity (Wildman–Crippen MR) is 149 cm³/mol. The Kier molecular flexibility index (Phi) is 7.55. The number of amides is 3. The van der Waals surface area contributed by atoms with Gasteiger partial charge < -0.3 is 14.5 Å². The third-order valence-corrected chi connectivity index (χ3v) is 8.73. The van der Waals surface area contributed by atoms with E-state index in [0.29, 0.717) is 31.2 Å². The van der Waals surface area contributed by atoms with E-state index >= 15 is 0 Å². The molecule has 1 N–H and O–H groups in total. The molecule has 4 aliphatic rings. The summed E-state index contributed by atoms with van der Waals surface area (Å²) in [5, 5.41) is 2.36. The molecule has 206 valence electrons. The first-order chi connectivity index (χ1) is 19.0. The minimum absolute atomic E-state index is 0.157. The van der Waals surface area contributed by atoms with Gasteiger partial charge in [0, 0.05) is 49.9 Å². The molecule has 2 atom stereocenters. The van der Waals surface area contributed by atoms with Gasteiger partial charge in [0.25, 0.3) is 5.91 Å². The van der Waals surface area contributed by atoms with Crippen molar-refractivity contribution < 1.29 is 19.1 Å². The van der Waals surface area contributed by atoms with Gasteiger partial charge in [0.1, 0.15) is 18.4 Å². The fourth-order valence-electron chi connectivity index (χ4n) is 6.49. The Morgan fingerprint density at radius 1 is 0.872 bits per heavy atom. The van der Waals surface area contributed by atoms with Crippen LogP contribution in [-0.2, 0) is 22.7 Å². The van der Waals surface area contributed by atoms with Gasteiger partial charge in [-0.1, -0.05) is 18.6 Å². The monoisotopic (exact) mass is 530 g/mol. The number of imide groups is 1. The highest BCUT2D eigenvalue weighted by atomic mass is 16.5. The van der Waals surface area contributed by atoms with Crippen LogP contribution in [0.15, 0.2) is 42.5 Å². The zero-order valence-electron chi connectivity index (χ0n) is 22.6. The van der Waals surface area contributed by atoms with Crippen molar-refractivity contribution in [2.24, 2.45) is 0 Å². The highest BCUT2D eigenvalue weighted by Gasteiger charge is 2.39. The largest absolute Gasteiger partial charge is 0.492 e. The lowest BCUT2D eigenvalue weighted by molar-refractivity contribution is -0.136. The number of carbonyl (C=O) groups is 3. The Bertz CT molecular complexity index is 1220. The summed E-state index contributed by atoms with van der Waals surface area (Å²) < 4.78 is 6.29. The fraction of sp³-hybridized carbons (Fsp3) is 0.516. The number of likely N-dealkylation sites (tertiary alicyclic amines) is 1. The van der Waals surface area contributed by atoms with Crippen molar-refractivity contribution in [3.05, 3.63) is 59.2 Å². The third kappa shape index (κ3) is 5.66. The van der Waals surface area contributed by atoms with E-state index in [4.69, 9.17) is 4.74 Å². The van der Waals surface area contributed by atoms with Crippen molar-refractivity contribution in [1.82, 2.24) is 15.1 Å². The maximum Gasteiger partial charge on any atom is 0.255 e. The van der Waals surface area contributed by atoms with Crippen LogP contribution in [0.3, 0.4) is 0 Å². The summed E-state index contributed by atoms with van der Waals surface area (Å²) in [6.07, 6.45) is 8.07. The molecule has 8 heteroatoms. The Labute approximate surface area is 230 Å². The number of hydrogen-bond donors (Lipinski definition) is 1. The van der Waals surface area contributed by atoms with Crippen LogP contribution in [0.5, 0.6) is 5.75 Å². The minimum atomic E-state index is -0.600. The Balaban J connectivity index is 1.06. The second-order valence-corrected chi connectivity index (χ2v) is 11.4. The lowest BCUT2D eigenvalue weighted by Crippen LogP contribution is -2.52. The molecule has 0 aromatic heterocycles. The molecule has 2 aromatic carbocycles. The van der Waals surface area contributed by atoms with Gasteiger partial charge in [0.05, 0.1) is 0 Å². The van der Waals surface area contributed by atoms with E-state index in [9.17, 15) is 14.4 Å². The number of ether oxygens (including phenoxy) is 1. The SMILES string of the molecule is O=C1CCC(N2Cc3cc(OC[C@H]4CCCCN4Cc4ccc(N5CCCCC5)cc4)ccc3C2=O)C(=O)N1. The van der Waals surface area contributed by atoms with Gasteiger partial charge in [0.15, 0.2) is 0 Å².